The van der Waals surface area contributed by atoms with Gasteiger partial charge in [0.05, 0.1) is 13.2 Å². The first-order valence-electron chi connectivity index (χ1n) is 4.47. The lowest BCUT2D eigenvalue weighted by Gasteiger charge is -2.15. The molecule has 0 aliphatic carbocycles. The zero-order chi connectivity index (χ0) is 9.84. The summed E-state index contributed by atoms with van der Waals surface area (Å²) in [6.45, 7) is 3.98. The van der Waals surface area contributed by atoms with Crippen molar-refractivity contribution in [2.24, 2.45) is 5.92 Å². The van der Waals surface area contributed by atoms with E-state index in [1.165, 1.54) is 0 Å². The number of methoxy groups -OCH3 is 1. The van der Waals surface area contributed by atoms with Crippen molar-refractivity contribution in [3.05, 3.63) is 29.8 Å². The molecule has 0 unspecified atom stereocenters. The zero-order valence-corrected chi connectivity index (χ0v) is 8.32. The molecule has 13 heavy (non-hydrogen) atoms. The minimum absolute atomic E-state index is 0.229. The predicted octanol–water partition coefficient (Wildman–Crippen LogP) is 2.38. The molecule has 0 aliphatic heterocycles. The lowest BCUT2D eigenvalue weighted by Crippen LogP contribution is -2.05. The van der Waals surface area contributed by atoms with Crippen molar-refractivity contribution >= 4 is 0 Å². The minimum Gasteiger partial charge on any atom is -0.497 e. The van der Waals surface area contributed by atoms with Crippen LogP contribution in [0.15, 0.2) is 24.3 Å². The van der Waals surface area contributed by atoms with Gasteiger partial charge in [-0.3, -0.25) is 0 Å². The summed E-state index contributed by atoms with van der Waals surface area (Å²) in [4.78, 5) is 0. The van der Waals surface area contributed by atoms with Gasteiger partial charge in [-0.15, -0.1) is 0 Å². The average Bonchev–Trinajstić information content (AvgIpc) is 2.16. The van der Waals surface area contributed by atoms with Crippen LogP contribution >= 0.6 is 0 Å². The third-order valence-corrected chi connectivity index (χ3v) is 2.07. The first-order chi connectivity index (χ1) is 6.15. The van der Waals surface area contributed by atoms with Gasteiger partial charge in [0.1, 0.15) is 5.75 Å². The maximum Gasteiger partial charge on any atom is 0.119 e. The fourth-order valence-electron chi connectivity index (χ4n) is 1.21. The molecule has 1 aromatic carbocycles. The summed E-state index contributed by atoms with van der Waals surface area (Å²) in [5, 5.41) is 9.76. The maximum atomic E-state index is 9.76. The van der Waals surface area contributed by atoms with E-state index in [4.69, 9.17) is 4.74 Å². The van der Waals surface area contributed by atoms with Gasteiger partial charge < -0.3 is 9.84 Å². The Bertz CT molecular complexity index is 269. The molecule has 1 rings (SSSR count). The fourth-order valence-corrected chi connectivity index (χ4v) is 1.21. The predicted molar refractivity (Wildman–Crippen MR) is 52.8 cm³/mol. The van der Waals surface area contributed by atoms with Crippen molar-refractivity contribution in [3.8, 4) is 5.75 Å². The highest BCUT2D eigenvalue weighted by molar-refractivity contribution is 5.29. The number of rotatable bonds is 3. The standard InChI is InChI=1S/C11H16O2/c1-8(2)11(12)9-5-4-6-10(7-9)13-3/h4-8,11-12H,1-3H3/t11-/m1/s1. The van der Waals surface area contributed by atoms with Gasteiger partial charge in [-0.2, -0.15) is 0 Å². The number of hydrogen-bond acceptors (Lipinski definition) is 2. The number of aliphatic hydroxyl groups excluding tert-OH is 1. The molecule has 1 atom stereocenters. The molecular weight excluding hydrogens is 164 g/mol. The highest BCUT2D eigenvalue weighted by Gasteiger charge is 2.11. The molecule has 2 nitrogen and oxygen atoms in total. The summed E-state index contributed by atoms with van der Waals surface area (Å²) in [5.74, 6) is 1.02. The third kappa shape index (κ3) is 2.46. The van der Waals surface area contributed by atoms with E-state index in [0.29, 0.717) is 0 Å². The Morgan fingerprint density at radius 2 is 2.00 bits per heavy atom. The fraction of sp³-hybridized carbons (Fsp3) is 0.455. The quantitative estimate of drug-likeness (QED) is 0.773. The second-order valence-corrected chi connectivity index (χ2v) is 3.47. The van der Waals surface area contributed by atoms with Crippen molar-refractivity contribution in [1.29, 1.82) is 0 Å². The zero-order valence-electron chi connectivity index (χ0n) is 8.32. The monoisotopic (exact) mass is 180 g/mol. The molecule has 2 heteroatoms. The lowest BCUT2D eigenvalue weighted by atomic mass is 9.99. The van der Waals surface area contributed by atoms with Gasteiger partial charge in [0.25, 0.3) is 0 Å². The van der Waals surface area contributed by atoms with Crippen LogP contribution < -0.4 is 4.74 Å². The molecule has 0 aliphatic rings. The SMILES string of the molecule is COc1cccc([C@H](O)C(C)C)c1. The molecule has 1 N–H and O–H groups in total. The number of aliphatic hydroxyl groups is 1. The Morgan fingerprint density at radius 1 is 1.31 bits per heavy atom. The van der Waals surface area contributed by atoms with Gasteiger partial charge in [-0.05, 0) is 23.6 Å². The van der Waals surface area contributed by atoms with Gasteiger partial charge >= 0.3 is 0 Å². The van der Waals surface area contributed by atoms with Crippen LogP contribution in [0.2, 0.25) is 0 Å². The van der Waals surface area contributed by atoms with E-state index in [2.05, 4.69) is 0 Å². The molecule has 0 amide bonds. The van der Waals surface area contributed by atoms with Crippen LogP contribution in [0.4, 0.5) is 0 Å². The summed E-state index contributed by atoms with van der Waals surface area (Å²) < 4.78 is 5.07. The van der Waals surface area contributed by atoms with Crippen molar-refractivity contribution in [3.63, 3.8) is 0 Å². The number of benzene rings is 1. The van der Waals surface area contributed by atoms with E-state index in [9.17, 15) is 5.11 Å². The molecular formula is C11H16O2. The lowest BCUT2D eigenvalue weighted by molar-refractivity contribution is 0.126. The summed E-state index contributed by atoms with van der Waals surface area (Å²) >= 11 is 0. The summed E-state index contributed by atoms with van der Waals surface area (Å²) in [6.07, 6.45) is -0.407. The molecule has 0 fully saturated rings. The highest BCUT2D eigenvalue weighted by atomic mass is 16.5. The molecule has 0 aromatic heterocycles. The van der Waals surface area contributed by atoms with E-state index in [-0.39, 0.29) is 5.92 Å². The van der Waals surface area contributed by atoms with Gasteiger partial charge in [0.15, 0.2) is 0 Å². The van der Waals surface area contributed by atoms with E-state index >= 15 is 0 Å². The second kappa shape index (κ2) is 4.28. The maximum absolute atomic E-state index is 9.76. The molecule has 0 radical (unpaired) electrons. The van der Waals surface area contributed by atoms with Crippen molar-refractivity contribution in [1.82, 2.24) is 0 Å². The largest absolute Gasteiger partial charge is 0.497 e. The Hall–Kier alpha value is -1.02. The first kappa shape index (κ1) is 10.1. The second-order valence-electron chi connectivity index (χ2n) is 3.47. The topological polar surface area (TPSA) is 29.5 Å². The summed E-state index contributed by atoms with van der Waals surface area (Å²) in [7, 11) is 1.63. The number of ether oxygens (including phenoxy) is 1. The third-order valence-electron chi connectivity index (χ3n) is 2.07. The van der Waals surface area contributed by atoms with Crippen LogP contribution in [0.5, 0.6) is 5.75 Å². The summed E-state index contributed by atoms with van der Waals surface area (Å²) in [5.41, 5.74) is 0.911. The van der Waals surface area contributed by atoms with Crippen molar-refractivity contribution < 1.29 is 9.84 Å². The van der Waals surface area contributed by atoms with Crippen LogP contribution in [-0.4, -0.2) is 12.2 Å². The van der Waals surface area contributed by atoms with Gasteiger partial charge in [-0.1, -0.05) is 26.0 Å². The highest BCUT2D eigenvalue weighted by Crippen LogP contribution is 2.24. The van der Waals surface area contributed by atoms with Gasteiger partial charge in [0.2, 0.25) is 0 Å². The van der Waals surface area contributed by atoms with Crippen molar-refractivity contribution in [2.45, 2.75) is 20.0 Å². The Morgan fingerprint density at radius 3 is 2.54 bits per heavy atom. The van der Waals surface area contributed by atoms with Crippen LogP contribution in [0.3, 0.4) is 0 Å². The van der Waals surface area contributed by atoms with Crippen molar-refractivity contribution in [2.75, 3.05) is 7.11 Å². The minimum atomic E-state index is -0.407. The molecule has 0 saturated carbocycles. The van der Waals surface area contributed by atoms with Gasteiger partial charge in [0, 0.05) is 0 Å². The first-order valence-corrected chi connectivity index (χ1v) is 4.47. The van der Waals surface area contributed by atoms with Crippen LogP contribution in [0, 0.1) is 5.92 Å². The van der Waals surface area contributed by atoms with E-state index < -0.39 is 6.10 Å². The molecule has 0 heterocycles. The van der Waals surface area contributed by atoms with E-state index in [1.807, 2.05) is 38.1 Å². The van der Waals surface area contributed by atoms with Gasteiger partial charge in [-0.25, -0.2) is 0 Å². The molecule has 0 bridgehead atoms. The molecule has 1 aromatic rings. The normalized spacial score (nSPS) is 13.0. The van der Waals surface area contributed by atoms with Crippen LogP contribution in [-0.2, 0) is 0 Å². The Labute approximate surface area is 79.2 Å². The summed E-state index contributed by atoms with van der Waals surface area (Å²) in [6, 6.07) is 7.54. The molecule has 0 saturated heterocycles. The van der Waals surface area contributed by atoms with Crippen LogP contribution in [0.1, 0.15) is 25.5 Å². The Balaban J connectivity index is 2.88. The van der Waals surface area contributed by atoms with Crippen LogP contribution in [0.25, 0.3) is 0 Å². The smallest absolute Gasteiger partial charge is 0.119 e. The van der Waals surface area contributed by atoms with E-state index in [1.54, 1.807) is 7.11 Å². The number of hydrogen-bond donors (Lipinski definition) is 1. The molecule has 72 valence electrons. The Kier molecular flexibility index (Phi) is 3.32. The average molecular weight is 180 g/mol. The molecule has 0 spiro atoms. The van der Waals surface area contributed by atoms with E-state index in [0.717, 1.165) is 11.3 Å².